The molecular weight excluding hydrogens is 196 g/mol. The van der Waals surface area contributed by atoms with Crippen LogP contribution in [-0.4, -0.2) is 11.2 Å². The smallest absolute Gasteiger partial charge is 0.0963 e. The Morgan fingerprint density at radius 3 is 3.00 bits per heavy atom. The molecule has 0 aliphatic carbocycles. The fourth-order valence-electron chi connectivity index (χ4n) is 2.32. The second-order valence-corrected chi connectivity index (χ2v) is 4.48. The van der Waals surface area contributed by atoms with Crippen molar-refractivity contribution in [1.29, 1.82) is 0 Å². The zero-order valence-corrected chi connectivity index (χ0v) is 9.57. The van der Waals surface area contributed by atoms with Crippen LogP contribution in [0.15, 0.2) is 29.4 Å². The van der Waals surface area contributed by atoms with Gasteiger partial charge >= 0.3 is 0 Å². The summed E-state index contributed by atoms with van der Waals surface area (Å²) in [5.74, 6) is 0.555. The van der Waals surface area contributed by atoms with E-state index in [9.17, 15) is 0 Å². The molecule has 80 valence electrons. The van der Waals surface area contributed by atoms with Gasteiger partial charge in [-0.25, -0.2) is 0 Å². The van der Waals surface area contributed by atoms with Gasteiger partial charge in [0.05, 0.1) is 11.2 Å². The van der Waals surface area contributed by atoms with Crippen LogP contribution in [0.2, 0.25) is 0 Å². The van der Waals surface area contributed by atoms with Crippen LogP contribution in [0.4, 0.5) is 5.69 Å². The minimum atomic E-state index is 0.555. The third-order valence-electron chi connectivity index (χ3n) is 3.35. The van der Waals surface area contributed by atoms with Crippen LogP contribution >= 0.6 is 0 Å². The number of rotatable bonds is 0. The van der Waals surface area contributed by atoms with Crippen molar-refractivity contribution >= 4 is 22.8 Å². The molecule has 1 unspecified atom stereocenters. The van der Waals surface area contributed by atoms with Gasteiger partial charge in [-0.2, -0.15) is 0 Å². The zero-order chi connectivity index (χ0) is 11.1. The molecule has 0 radical (unpaired) electrons. The van der Waals surface area contributed by atoms with Gasteiger partial charge in [0.2, 0.25) is 0 Å². The van der Waals surface area contributed by atoms with Gasteiger partial charge in [0.25, 0.3) is 0 Å². The second kappa shape index (κ2) is 3.41. The first-order valence-corrected chi connectivity index (χ1v) is 5.68. The van der Waals surface area contributed by atoms with Gasteiger partial charge in [0.15, 0.2) is 0 Å². The van der Waals surface area contributed by atoms with Crippen molar-refractivity contribution in [1.82, 2.24) is 4.98 Å². The van der Waals surface area contributed by atoms with Gasteiger partial charge in [0, 0.05) is 17.8 Å². The van der Waals surface area contributed by atoms with E-state index >= 15 is 0 Å². The number of hydrogen-bond donors (Lipinski definition) is 0. The average Bonchev–Trinajstić information content (AvgIpc) is 2.30. The predicted octanol–water partition coefficient (Wildman–Crippen LogP) is 3.75. The molecule has 1 aromatic carbocycles. The van der Waals surface area contributed by atoms with Gasteiger partial charge < -0.3 is 0 Å². The molecule has 0 saturated heterocycles. The van der Waals surface area contributed by atoms with Crippen LogP contribution in [0.5, 0.6) is 0 Å². The Kier molecular flexibility index (Phi) is 2.03. The molecule has 0 amide bonds. The minimum Gasteiger partial charge on any atom is -0.259 e. The molecule has 3 rings (SSSR count). The Balaban J connectivity index is 2.41. The average molecular weight is 210 g/mol. The number of aliphatic imine (C=N–C) groups is 1. The van der Waals surface area contributed by atoms with E-state index in [1.165, 1.54) is 16.5 Å². The highest BCUT2D eigenvalue weighted by Crippen LogP contribution is 2.37. The Morgan fingerprint density at radius 1 is 1.25 bits per heavy atom. The lowest BCUT2D eigenvalue weighted by atomic mass is 9.92. The molecule has 0 saturated carbocycles. The van der Waals surface area contributed by atoms with Crippen LogP contribution in [0, 0.1) is 6.92 Å². The third kappa shape index (κ3) is 1.26. The first-order valence-electron chi connectivity index (χ1n) is 5.68. The number of nitrogens with zero attached hydrogens (tertiary/aromatic N) is 2. The summed E-state index contributed by atoms with van der Waals surface area (Å²) < 4.78 is 0. The maximum atomic E-state index is 4.53. The SMILES string of the molecule is Cc1ccnc2c3c(ccc12)C(C)CC=N3. The molecule has 0 spiro atoms. The summed E-state index contributed by atoms with van der Waals surface area (Å²) in [6, 6.07) is 6.42. The number of aryl methyl sites for hydroxylation is 1. The summed E-state index contributed by atoms with van der Waals surface area (Å²) in [5.41, 5.74) is 4.70. The summed E-state index contributed by atoms with van der Waals surface area (Å²) in [5, 5.41) is 1.22. The van der Waals surface area contributed by atoms with Gasteiger partial charge in [-0.1, -0.05) is 19.1 Å². The molecule has 2 heterocycles. The Bertz CT molecular complexity index is 585. The summed E-state index contributed by atoms with van der Waals surface area (Å²) in [6.45, 7) is 4.36. The molecule has 16 heavy (non-hydrogen) atoms. The lowest BCUT2D eigenvalue weighted by Gasteiger charge is -2.18. The van der Waals surface area contributed by atoms with E-state index in [0.29, 0.717) is 5.92 Å². The molecular formula is C14H14N2. The summed E-state index contributed by atoms with van der Waals surface area (Å²) in [7, 11) is 0. The monoisotopic (exact) mass is 210 g/mol. The normalized spacial score (nSPS) is 18.8. The molecule has 0 bridgehead atoms. The fraction of sp³-hybridized carbons (Fsp3) is 0.286. The highest BCUT2D eigenvalue weighted by Gasteiger charge is 2.16. The van der Waals surface area contributed by atoms with E-state index in [1.807, 2.05) is 18.5 Å². The largest absolute Gasteiger partial charge is 0.259 e. The molecule has 2 heteroatoms. The molecule has 1 aliphatic rings. The van der Waals surface area contributed by atoms with Crippen molar-refractivity contribution in [2.45, 2.75) is 26.2 Å². The number of aromatic nitrogens is 1. The van der Waals surface area contributed by atoms with Crippen molar-refractivity contribution < 1.29 is 0 Å². The van der Waals surface area contributed by atoms with Gasteiger partial charge in [0.1, 0.15) is 0 Å². The molecule has 1 atom stereocenters. The van der Waals surface area contributed by atoms with E-state index < -0.39 is 0 Å². The molecule has 0 fully saturated rings. The van der Waals surface area contributed by atoms with E-state index in [0.717, 1.165) is 17.6 Å². The van der Waals surface area contributed by atoms with Crippen LogP contribution in [0.1, 0.15) is 30.4 Å². The van der Waals surface area contributed by atoms with E-state index in [4.69, 9.17) is 0 Å². The first kappa shape index (κ1) is 9.52. The Hall–Kier alpha value is -1.70. The fourth-order valence-corrected chi connectivity index (χ4v) is 2.32. The number of benzene rings is 1. The molecule has 2 aromatic rings. The number of fused-ring (bicyclic) bond motifs is 3. The first-order chi connectivity index (χ1) is 7.77. The van der Waals surface area contributed by atoms with Crippen molar-refractivity contribution in [2.75, 3.05) is 0 Å². The van der Waals surface area contributed by atoms with Crippen LogP contribution in [0.3, 0.4) is 0 Å². The lowest BCUT2D eigenvalue weighted by Crippen LogP contribution is -2.01. The second-order valence-electron chi connectivity index (χ2n) is 4.48. The Morgan fingerprint density at radius 2 is 2.12 bits per heavy atom. The summed E-state index contributed by atoms with van der Waals surface area (Å²) in [4.78, 5) is 9.00. The van der Waals surface area contributed by atoms with Gasteiger partial charge in [-0.15, -0.1) is 0 Å². The van der Waals surface area contributed by atoms with Crippen LogP contribution in [0.25, 0.3) is 10.9 Å². The highest BCUT2D eigenvalue weighted by atomic mass is 14.8. The summed E-state index contributed by atoms with van der Waals surface area (Å²) >= 11 is 0. The van der Waals surface area contributed by atoms with Gasteiger partial charge in [-0.3, -0.25) is 9.98 Å². The van der Waals surface area contributed by atoms with Crippen molar-refractivity contribution in [3.05, 3.63) is 35.5 Å². The highest BCUT2D eigenvalue weighted by molar-refractivity contribution is 5.95. The molecule has 1 aliphatic heterocycles. The van der Waals surface area contributed by atoms with Crippen LogP contribution in [-0.2, 0) is 0 Å². The Labute approximate surface area is 95.0 Å². The van der Waals surface area contributed by atoms with E-state index in [1.54, 1.807) is 0 Å². The number of pyridine rings is 1. The number of hydrogen-bond acceptors (Lipinski definition) is 2. The van der Waals surface area contributed by atoms with Crippen molar-refractivity contribution in [2.24, 2.45) is 4.99 Å². The quantitative estimate of drug-likeness (QED) is 0.650. The van der Waals surface area contributed by atoms with Crippen molar-refractivity contribution in [3.8, 4) is 0 Å². The topological polar surface area (TPSA) is 25.2 Å². The third-order valence-corrected chi connectivity index (χ3v) is 3.35. The lowest BCUT2D eigenvalue weighted by molar-refractivity contribution is 0.803. The predicted molar refractivity (Wildman–Crippen MR) is 67.7 cm³/mol. The minimum absolute atomic E-state index is 0.555. The van der Waals surface area contributed by atoms with Crippen molar-refractivity contribution in [3.63, 3.8) is 0 Å². The maximum absolute atomic E-state index is 4.53. The molecule has 2 nitrogen and oxygen atoms in total. The standard InChI is InChI=1S/C14H14N2/c1-9-5-7-15-13-11(9)3-4-12-10(2)6-8-16-14(12)13/h3-5,7-8,10H,6H2,1-2H3. The zero-order valence-electron chi connectivity index (χ0n) is 9.57. The summed E-state index contributed by atoms with van der Waals surface area (Å²) in [6.07, 6.45) is 4.91. The maximum Gasteiger partial charge on any atom is 0.0963 e. The van der Waals surface area contributed by atoms with E-state index in [-0.39, 0.29) is 0 Å². The van der Waals surface area contributed by atoms with Crippen LogP contribution < -0.4 is 0 Å². The van der Waals surface area contributed by atoms with Gasteiger partial charge in [-0.05, 0) is 36.5 Å². The molecule has 1 aromatic heterocycles. The van der Waals surface area contributed by atoms with E-state index in [2.05, 4.69) is 36.0 Å². The molecule has 0 N–H and O–H groups in total.